The molecule has 1 heterocycles. The largest absolute Gasteiger partial charge is 0.351 e. The van der Waals surface area contributed by atoms with Crippen molar-refractivity contribution in [2.75, 3.05) is 19.6 Å². The molecule has 0 saturated carbocycles. The molecule has 6 heteroatoms. The van der Waals surface area contributed by atoms with Gasteiger partial charge in [-0.15, -0.1) is 0 Å². The fraction of sp³-hybridized carbons (Fsp3) is 0.846. The first-order valence-electron chi connectivity index (χ1n) is 7.11. The molecule has 0 radical (unpaired) electrons. The van der Waals surface area contributed by atoms with E-state index < -0.39 is 6.03 Å². The van der Waals surface area contributed by atoms with Gasteiger partial charge in [0.1, 0.15) is 0 Å². The molecule has 0 aliphatic carbocycles. The van der Waals surface area contributed by atoms with Crippen molar-refractivity contribution in [2.45, 2.75) is 51.6 Å². The Kier molecular flexibility index (Phi) is 6.80. The molecule has 0 spiro atoms. The average molecular weight is 270 g/mol. The second-order valence-electron chi connectivity index (χ2n) is 5.19. The number of likely N-dealkylation sites (tertiary alicyclic amines) is 1. The van der Waals surface area contributed by atoms with Gasteiger partial charge in [-0.25, -0.2) is 4.79 Å². The highest BCUT2D eigenvalue weighted by molar-refractivity contribution is 5.94. The molecule has 2 atom stereocenters. The lowest BCUT2D eigenvalue weighted by Gasteiger charge is -2.39. The minimum Gasteiger partial charge on any atom is -0.351 e. The number of nitrogens with zero attached hydrogens (tertiary/aromatic N) is 1. The second-order valence-corrected chi connectivity index (χ2v) is 5.19. The zero-order valence-corrected chi connectivity index (χ0v) is 11.9. The quantitative estimate of drug-likeness (QED) is 0.653. The number of carbonyl (C=O) groups is 2. The van der Waals surface area contributed by atoms with Crippen LogP contribution in [-0.4, -0.2) is 48.6 Å². The average Bonchev–Trinajstić information content (AvgIpc) is 2.35. The standard InChI is InChI=1S/C13H26N4O2/c1-3-7-15-10(2)11-6-4-5-8-17(11)9-12(18)16-13(14)19/h10-11,15H,3-9H2,1-2H3,(H3,14,16,18,19). The van der Waals surface area contributed by atoms with Crippen molar-refractivity contribution < 1.29 is 9.59 Å². The van der Waals surface area contributed by atoms with Crippen LogP contribution in [0.25, 0.3) is 0 Å². The molecule has 2 unspecified atom stereocenters. The topological polar surface area (TPSA) is 87.5 Å². The van der Waals surface area contributed by atoms with E-state index in [0.29, 0.717) is 12.1 Å². The third kappa shape index (κ3) is 5.57. The van der Waals surface area contributed by atoms with Crippen LogP contribution in [0.15, 0.2) is 0 Å². The molecule has 1 fully saturated rings. The molecule has 19 heavy (non-hydrogen) atoms. The molecule has 1 rings (SSSR count). The van der Waals surface area contributed by atoms with Gasteiger partial charge in [0, 0.05) is 12.1 Å². The smallest absolute Gasteiger partial charge is 0.318 e. The third-order valence-corrected chi connectivity index (χ3v) is 3.57. The highest BCUT2D eigenvalue weighted by atomic mass is 16.2. The highest BCUT2D eigenvalue weighted by Gasteiger charge is 2.28. The Hall–Kier alpha value is -1.14. The SMILES string of the molecule is CCCNC(C)C1CCCCN1CC(=O)NC(N)=O. The number of piperidine rings is 1. The van der Waals surface area contributed by atoms with Gasteiger partial charge in [-0.2, -0.15) is 0 Å². The maximum atomic E-state index is 11.6. The number of urea groups is 1. The summed E-state index contributed by atoms with van der Waals surface area (Å²) in [6, 6.07) is -0.0868. The summed E-state index contributed by atoms with van der Waals surface area (Å²) in [6.07, 6.45) is 4.47. The highest BCUT2D eigenvalue weighted by Crippen LogP contribution is 2.19. The Morgan fingerprint density at radius 3 is 2.79 bits per heavy atom. The van der Waals surface area contributed by atoms with Crippen molar-refractivity contribution >= 4 is 11.9 Å². The van der Waals surface area contributed by atoms with Gasteiger partial charge in [-0.1, -0.05) is 13.3 Å². The zero-order chi connectivity index (χ0) is 14.3. The Balaban J connectivity index is 2.51. The molecular weight excluding hydrogens is 244 g/mol. The van der Waals surface area contributed by atoms with Gasteiger partial charge in [-0.3, -0.25) is 15.0 Å². The predicted octanol–water partition coefficient (Wildman–Crippen LogP) is 0.424. The van der Waals surface area contributed by atoms with E-state index in [1.165, 1.54) is 6.42 Å². The van der Waals surface area contributed by atoms with Gasteiger partial charge >= 0.3 is 6.03 Å². The monoisotopic (exact) mass is 270 g/mol. The molecule has 1 saturated heterocycles. The van der Waals surface area contributed by atoms with Crippen LogP contribution < -0.4 is 16.4 Å². The van der Waals surface area contributed by atoms with Crippen molar-refractivity contribution in [3.63, 3.8) is 0 Å². The number of carbonyl (C=O) groups excluding carboxylic acids is 2. The molecule has 0 aromatic heterocycles. The second kappa shape index (κ2) is 8.12. The van der Waals surface area contributed by atoms with E-state index in [0.717, 1.165) is 32.4 Å². The summed E-state index contributed by atoms with van der Waals surface area (Å²) < 4.78 is 0. The first-order valence-corrected chi connectivity index (χ1v) is 7.11. The van der Waals surface area contributed by atoms with Gasteiger partial charge in [0.05, 0.1) is 6.54 Å². The lowest BCUT2D eigenvalue weighted by Crippen LogP contribution is -2.54. The van der Waals surface area contributed by atoms with E-state index in [1.807, 2.05) is 0 Å². The Bertz CT molecular complexity index is 309. The number of hydrogen-bond acceptors (Lipinski definition) is 4. The van der Waals surface area contributed by atoms with Gasteiger partial charge < -0.3 is 11.1 Å². The van der Waals surface area contributed by atoms with Crippen molar-refractivity contribution in [1.82, 2.24) is 15.5 Å². The minimum atomic E-state index is -0.782. The number of rotatable bonds is 6. The molecule has 4 N–H and O–H groups in total. The number of hydrogen-bond donors (Lipinski definition) is 3. The van der Waals surface area contributed by atoms with Gasteiger partial charge in [0.25, 0.3) is 0 Å². The van der Waals surface area contributed by atoms with Crippen molar-refractivity contribution in [3.8, 4) is 0 Å². The van der Waals surface area contributed by atoms with E-state index in [2.05, 4.69) is 29.4 Å². The molecule has 1 aliphatic heterocycles. The fourth-order valence-electron chi connectivity index (χ4n) is 2.65. The summed E-state index contributed by atoms with van der Waals surface area (Å²) >= 11 is 0. The maximum Gasteiger partial charge on any atom is 0.318 e. The van der Waals surface area contributed by atoms with Gasteiger partial charge in [0.15, 0.2) is 0 Å². The predicted molar refractivity (Wildman–Crippen MR) is 74.7 cm³/mol. The maximum absolute atomic E-state index is 11.6. The van der Waals surface area contributed by atoms with Crippen LogP contribution in [-0.2, 0) is 4.79 Å². The summed E-state index contributed by atoms with van der Waals surface area (Å²) in [5.74, 6) is -0.318. The van der Waals surface area contributed by atoms with E-state index in [4.69, 9.17) is 5.73 Å². The summed E-state index contributed by atoms with van der Waals surface area (Å²) in [5, 5.41) is 5.61. The van der Waals surface area contributed by atoms with Crippen LogP contribution in [0.4, 0.5) is 4.79 Å². The summed E-state index contributed by atoms with van der Waals surface area (Å²) in [4.78, 5) is 24.4. The van der Waals surface area contributed by atoms with Crippen molar-refractivity contribution in [1.29, 1.82) is 0 Å². The summed E-state index contributed by atoms with van der Waals surface area (Å²) in [5.41, 5.74) is 4.96. The third-order valence-electron chi connectivity index (χ3n) is 3.57. The van der Waals surface area contributed by atoms with Crippen LogP contribution in [0, 0.1) is 0 Å². The van der Waals surface area contributed by atoms with E-state index in [-0.39, 0.29) is 12.5 Å². The van der Waals surface area contributed by atoms with Crippen molar-refractivity contribution in [3.05, 3.63) is 0 Å². The number of nitrogens with two attached hydrogens (primary N) is 1. The number of nitrogens with one attached hydrogen (secondary N) is 2. The number of imide groups is 1. The first-order chi connectivity index (χ1) is 9.04. The molecule has 1 aliphatic rings. The fourth-order valence-corrected chi connectivity index (χ4v) is 2.65. The lowest BCUT2D eigenvalue weighted by molar-refractivity contribution is -0.122. The summed E-state index contributed by atoms with van der Waals surface area (Å²) in [6.45, 7) is 6.42. The minimum absolute atomic E-state index is 0.242. The normalized spacial score (nSPS) is 21.9. The molecule has 6 nitrogen and oxygen atoms in total. The van der Waals surface area contributed by atoms with E-state index in [1.54, 1.807) is 0 Å². The van der Waals surface area contributed by atoms with Crippen LogP contribution in [0.2, 0.25) is 0 Å². The number of amides is 3. The van der Waals surface area contributed by atoms with Crippen LogP contribution in [0.3, 0.4) is 0 Å². The molecule has 0 bridgehead atoms. The molecule has 3 amide bonds. The van der Waals surface area contributed by atoms with Crippen LogP contribution in [0.5, 0.6) is 0 Å². The Morgan fingerprint density at radius 2 is 2.16 bits per heavy atom. The van der Waals surface area contributed by atoms with Crippen LogP contribution >= 0.6 is 0 Å². The Labute approximate surface area is 115 Å². The van der Waals surface area contributed by atoms with E-state index in [9.17, 15) is 9.59 Å². The molecule has 0 aromatic rings. The molecule has 0 aromatic carbocycles. The number of primary amides is 1. The van der Waals surface area contributed by atoms with Crippen LogP contribution in [0.1, 0.15) is 39.5 Å². The summed E-state index contributed by atoms with van der Waals surface area (Å²) in [7, 11) is 0. The first kappa shape index (κ1) is 15.9. The van der Waals surface area contributed by atoms with Crippen molar-refractivity contribution in [2.24, 2.45) is 5.73 Å². The zero-order valence-electron chi connectivity index (χ0n) is 11.9. The van der Waals surface area contributed by atoms with E-state index >= 15 is 0 Å². The lowest BCUT2D eigenvalue weighted by atomic mass is 9.96. The van der Waals surface area contributed by atoms with Gasteiger partial charge in [0.2, 0.25) is 5.91 Å². The Morgan fingerprint density at radius 1 is 1.42 bits per heavy atom. The molecular formula is C13H26N4O2. The van der Waals surface area contributed by atoms with Gasteiger partial charge in [-0.05, 0) is 39.3 Å². The molecule has 110 valence electrons.